The number of hydrogen-bond acceptors (Lipinski definition) is 1. The zero-order valence-electron chi connectivity index (χ0n) is 10.8. The normalized spacial score (nSPS) is 22.5. The second-order valence-electron chi connectivity index (χ2n) is 4.96. The summed E-state index contributed by atoms with van der Waals surface area (Å²) in [5.74, 6) is 0.491. The van der Waals surface area contributed by atoms with Crippen LogP contribution in [-0.4, -0.2) is 6.54 Å². The third-order valence-corrected chi connectivity index (χ3v) is 3.93. The van der Waals surface area contributed by atoms with Crippen molar-refractivity contribution in [3.63, 3.8) is 0 Å². The molecule has 0 radical (unpaired) electrons. The zero-order valence-corrected chi connectivity index (χ0v) is 10.8. The topological polar surface area (TPSA) is 12.0 Å². The lowest BCUT2D eigenvalue weighted by molar-refractivity contribution is 0.468. The minimum Gasteiger partial charge on any atom is -0.309 e. The maximum absolute atomic E-state index is 3.67. The lowest BCUT2D eigenvalue weighted by Gasteiger charge is -2.32. The molecule has 1 aliphatic rings. The summed E-state index contributed by atoms with van der Waals surface area (Å²) in [7, 11) is 0. The molecule has 1 heterocycles. The molecule has 2 atom stereocenters. The SMILES string of the molecule is CCC1NCC(c2ccccc2)c2ccccc21. The van der Waals surface area contributed by atoms with Gasteiger partial charge in [-0.15, -0.1) is 0 Å². The van der Waals surface area contributed by atoms with E-state index in [-0.39, 0.29) is 0 Å². The van der Waals surface area contributed by atoms with Crippen molar-refractivity contribution in [3.05, 3.63) is 71.3 Å². The Morgan fingerprint density at radius 3 is 2.33 bits per heavy atom. The van der Waals surface area contributed by atoms with Crippen molar-refractivity contribution in [2.45, 2.75) is 25.3 Å². The van der Waals surface area contributed by atoms with Crippen molar-refractivity contribution in [1.82, 2.24) is 5.32 Å². The van der Waals surface area contributed by atoms with Crippen LogP contribution in [0.5, 0.6) is 0 Å². The second-order valence-corrected chi connectivity index (χ2v) is 4.96. The van der Waals surface area contributed by atoms with Gasteiger partial charge in [-0.3, -0.25) is 0 Å². The van der Waals surface area contributed by atoms with E-state index in [1.165, 1.54) is 16.7 Å². The summed E-state index contributed by atoms with van der Waals surface area (Å²) in [4.78, 5) is 0. The van der Waals surface area contributed by atoms with Crippen molar-refractivity contribution in [1.29, 1.82) is 0 Å². The van der Waals surface area contributed by atoms with Crippen molar-refractivity contribution in [2.75, 3.05) is 6.54 Å². The van der Waals surface area contributed by atoms with Crippen LogP contribution >= 0.6 is 0 Å². The van der Waals surface area contributed by atoms with Crippen molar-refractivity contribution < 1.29 is 0 Å². The van der Waals surface area contributed by atoms with Gasteiger partial charge in [0.25, 0.3) is 0 Å². The number of fused-ring (bicyclic) bond motifs is 1. The van der Waals surface area contributed by atoms with Gasteiger partial charge in [-0.2, -0.15) is 0 Å². The van der Waals surface area contributed by atoms with E-state index in [2.05, 4.69) is 66.8 Å². The van der Waals surface area contributed by atoms with Crippen LogP contribution in [0.15, 0.2) is 54.6 Å². The second kappa shape index (κ2) is 4.95. The Hall–Kier alpha value is -1.60. The average Bonchev–Trinajstić information content (AvgIpc) is 2.47. The molecule has 1 N–H and O–H groups in total. The number of hydrogen-bond donors (Lipinski definition) is 1. The summed E-state index contributed by atoms with van der Waals surface area (Å²) in [5.41, 5.74) is 4.38. The van der Waals surface area contributed by atoms with Crippen LogP contribution in [-0.2, 0) is 0 Å². The van der Waals surface area contributed by atoms with E-state index < -0.39 is 0 Å². The molecular weight excluding hydrogens is 218 g/mol. The molecule has 0 saturated heterocycles. The Kier molecular flexibility index (Phi) is 3.16. The molecular formula is C17H19N. The molecule has 2 aromatic carbocycles. The van der Waals surface area contributed by atoms with E-state index in [9.17, 15) is 0 Å². The number of nitrogens with one attached hydrogen (secondary N) is 1. The lowest BCUT2D eigenvalue weighted by Crippen LogP contribution is -2.33. The molecule has 1 nitrogen and oxygen atoms in total. The lowest BCUT2D eigenvalue weighted by atomic mass is 9.82. The summed E-state index contributed by atoms with van der Waals surface area (Å²) >= 11 is 0. The Morgan fingerprint density at radius 2 is 1.61 bits per heavy atom. The monoisotopic (exact) mass is 237 g/mol. The fourth-order valence-corrected chi connectivity index (χ4v) is 2.97. The van der Waals surface area contributed by atoms with Crippen LogP contribution in [0.4, 0.5) is 0 Å². The molecule has 92 valence electrons. The van der Waals surface area contributed by atoms with Gasteiger partial charge in [0.2, 0.25) is 0 Å². The summed E-state index contributed by atoms with van der Waals surface area (Å²) in [5, 5.41) is 3.67. The minimum atomic E-state index is 0.491. The number of rotatable bonds is 2. The third-order valence-electron chi connectivity index (χ3n) is 3.93. The minimum absolute atomic E-state index is 0.491. The predicted molar refractivity (Wildman–Crippen MR) is 75.8 cm³/mol. The average molecular weight is 237 g/mol. The van der Waals surface area contributed by atoms with E-state index in [1.807, 2.05) is 0 Å². The van der Waals surface area contributed by atoms with E-state index in [0.717, 1.165) is 13.0 Å². The standard InChI is InChI=1S/C17H19N/c1-2-17-15-11-7-6-10-14(15)16(12-18-17)13-8-4-3-5-9-13/h3-11,16-18H,2,12H2,1H3. The molecule has 0 bridgehead atoms. The Bertz CT molecular complexity index is 518. The molecule has 1 aliphatic heterocycles. The fourth-order valence-electron chi connectivity index (χ4n) is 2.97. The van der Waals surface area contributed by atoms with Gasteiger partial charge in [0, 0.05) is 18.5 Å². The van der Waals surface area contributed by atoms with Gasteiger partial charge in [-0.05, 0) is 23.1 Å². The van der Waals surface area contributed by atoms with Gasteiger partial charge < -0.3 is 5.32 Å². The van der Waals surface area contributed by atoms with Crippen LogP contribution in [0.25, 0.3) is 0 Å². The van der Waals surface area contributed by atoms with Crippen LogP contribution in [0.1, 0.15) is 42.0 Å². The van der Waals surface area contributed by atoms with Gasteiger partial charge in [-0.25, -0.2) is 0 Å². The van der Waals surface area contributed by atoms with Gasteiger partial charge in [-0.1, -0.05) is 61.5 Å². The molecule has 0 saturated carbocycles. The molecule has 0 amide bonds. The molecule has 2 aromatic rings. The van der Waals surface area contributed by atoms with E-state index in [0.29, 0.717) is 12.0 Å². The summed E-state index contributed by atoms with van der Waals surface area (Å²) in [6.07, 6.45) is 1.15. The summed E-state index contributed by atoms with van der Waals surface area (Å²) in [6, 6.07) is 20.2. The van der Waals surface area contributed by atoms with Crippen molar-refractivity contribution in [2.24, 2.45) is 0 Å². The summed E-state index contributed by atoms with van der Waals surface area (Å²) < 4.78 is 0. The van der Waals surface area contributed by atoms with Gasteiger partial charge in [0.1, 0.15) is 0 Å². The molecule has 0 aromatic heterocycles. The highest BCUT2D eigenvalue weighted by Gasteiger charge is 2.25. The molecule has 0 spiro atoms. The molecule has 1 heteroatoms. The first-order chi connectivity index (χ1) is 8.90. The molecule has 3 rings (SSSR count). The van der Waals surface area contributed by atoms with Crippen molar-refractivity contribution >= 4 is 0 Å². The maximum Gasteiger partial charge on any atom is 0.0320 e. The highest BCUT2D eigenvalue weighted by Crippen LogP contribution is 2.35. The van der Waals surface area contributed by atoms with Crippen LogP contribution in [0.2, 0.25) is 0 Å². The quantitative estimate of drug-likeness (QED) is 0.836. The van der Waals surface area contributed by atoms with E-state index >= 15 is 0 Å². The van der Waals surface area contributed by atoms with E-state index in [4.69, 9.17) is 0 Å². The Morgan fingerprint density at radius 1 is 0.944 bits per heavy atom. The highest BCUT2D eigenvalue weighted by atomic mass is 14.9. The number of benzene rings is 2. The molecule has 2 unspecified atom stereocenters. The smallest absolute Gasteiger partial charge is 0.0320 e. The molecule has 18 heavy (non-hydrogen) atoms. The van der Waals surface area contributed by atoms with Crippen LogP contribution < -0.4 is 5.32 Å². The van der Waals surface area contributed by atoms with Crippen LogP contribution in [0.3, 0.4) is 0 Å². The first-order valence-electron chi connectivity index (χ1n) is 6.77. The first-order valence-corrected chi connectivity index (χ1v) is 6.77. The highest BCUT2D eigenvalue weighted by molar-refractivity contribution is 5.41. The predicted octanol–water partition coefficient (Wildman–Crippen LogP) is 3.87. The first kappa shape index (κ1) is 11.5. The van der Waals surface area contributed by atoms with E-state index in [1.54, 1.807) is 0 Å². The van der Waals surface area contributed by atoms with Crippen molar-refractivity contribution in [3.8, 4) is 0 Å². The fraction of sp³-hybridized carbons (Fsp3) is 0.294. The Labute approximate surface area is 109 Å². The largest absolute Gasteiger partial charge is 0.309 e. The molecule has 0 fully saturated rings. The molecule has 0 aliphatic carbocycles. The Balaban J connectivity index is 2.04. The third kappa shape index (κ3) is 1.95. The zero-order chi connectivity index (χ0) is 12.4. The maximum atomic E-state index is 3.67. The summed E-state index contributed by atoms with van der Waals surface area (Å²) in [6.45, 7) is 3.29. The van der Waals surface area contributed by atoms with Gasteiger partial charge in [0.15, 0.2) is 0 Å². The van der Waals surface area contributed by atoms with Gasteiger partial charge in [0.05, 0.1) is 0 Å². The van der Waals surface area contributed by atoms with Crippen LogP contribution in [0, 0.1) is 0 Å². The van der Waals surface area contributed by atoms with Gasteiger partial charge >= 0.3 is 0 Å².